The van der Waals surface area contributed by atoms with E-state index in [2.05, 4.69) is 5.32 Å². The van der Waals surface area contributed by atoms with Crippen molar-refractivity contribution in [3.8, 4) is 0 Å². The van der Waals surface area contributed by atoms with Crippen LogP contribution >= 0.6 is 0 Å². The van der Waals surface area contributed by atoms with Crippen molar-refractivity contribution in [1.82, 2.24) is 5.32 Å². The highest BCUT2D eigenvalue weighted by molar-refractivity contribution is 5.96. The minimum absolute atomic E-state index is 0.0235. The monoisotopic (exact) mass is 372 g/mol. The lowest BCUT2D eigenvalue weighted by Gasteiger charge is -2.45. The number of rotatable bonds is 4. The summed E-state index contributed by atoms with van der Waals surface area (Å²) >= 11 is 0. The number of hydrogen-bond donors (Lipinski definition) is 2. The molecule has 7 heteroatoms. The molecule has 146 valence electrons. The van der Waals surface area contributed by atoms with Crippen molar-refractivity contribution in [2.24, 2.45) is 17.6 Å². The normalized spacial score (nSPS) is 30.2. The van der Waals surface area contributed by atoms with Crippen molar-refractivity contribution in [3.05, 3.63) is 33.9 Å². The Morgan fingerprint density at radius 2 is 1.81 bits per heavy atom. The van der Waals surface area contributed by atoms with E-state index >= 15 is 0 Å². The maximum absolute atomic E-state index is 12.9. The number of fused-ring (bicyclic) bond motifs is 2. The van der Waals surface area contributed by atoms with Gasteiger partial charge in [-0.25, -0.2) is 0 Å². The predicted molar refractivity (Wildman–Crippen MR) is 104 cm³/mol. The van der Waals surface area contributed by atoms with E-state index < -0.39 is 0 Å². The van der Waals surface area contributed by atoms with Crippen molar-refractivity contribution in [1.29, 1.82) is 0 Å². The van der Waals surface area contributed by atoms with E-state index in [9.17, 15) is 14.9 Å². The molecule has 1 amide bonds. The zero-order valence-electron chi connectivity index (χ0n) is 15.6. The van der Waals surface area contributed by atoms with Crippen LogP contribution in [0.5, 0.6) is 0 Å². The van der Waals surface area contributed by atoms with Crippen LogP contribution in [0.3, 0.4) is 0 Å². The number of carbonyl (C=O) groups excluding carboxylic acids is 1. The van der Waals surface area contributed by atoms with Crippen LogP contribution in [-0.2, 0) is 0 Å². The van der Waals surface area contributed by atoms with Crippen LogP contribution in [0.15, 0.2) is 18.2 Å². The molecular weight excluding hydrogens is 344 g/mol. The summed E-state index contributed by atoms with van der Waals surface area (Å²) in [6.45, 7) is 1.66. The molecule has 3 aliphatic rings. The number of nitro groups is 1. The highest BCUT2D eigenvalue weighted by atomic mass is 16.6. The summed E-state index contributed by atoms with van der Waals surface area (Å²) in [5, 5.41) is 14.8. The summed E-state index contributed by atoms with van der Waals surface area (Å²) in [5.41, 5.74) is 7.18. The fourth-order valence-electron chi connectivity index (χ4n) is 5.30. The van der Waals surface area contributed by atoms with Gasteiger partial charge in [-0.1, -0.05) is 6.42 Å². The highest BCUT2D eigenvalue weighted by Crippen LogP contribution is 2.40. The number of anilines is 1. The van der Waals surface area contributed by atoms with Gasteiger partial charge in [-0.2, -0.15) is 0 Å². The fourth-order valence-corrected chi connectivity index (χ4v) is 5.30. The summed E-state index contributed by atoms with van der Waals surface area (Å²) in [4.78, 5) is 26.1. The van der Waals surface area contributed by atoms with E-state index in [4.69, 9.17) is 5.73 Å². The van der Waals surface area contributed by atoms with Crippen LogP contribution in [0.4, 0.5) is 11.4 Å². The lowest BCUT2D eigenvalue weighted by atomic mass is 9.67. The van der Waals surface area contributed by atoms with Crippen LogP contribution in [0.25, 0.3) is 0 Å². The third-order valence-corrected chi connectivity index (χ3v) is 6.56. The SMILES string of the molecule is NC1CC2CCCC(C1)C2NC(=O)c1ccc(N2CCCC2)c([N+](=O)[O-])c1. The van der Waals surface area contributed by atoms with E-state index in [1.807, 2.05) is 4.90 Å². The lowest BCUT2D eigenvalue weighted by molar-refractivity contribution is -0.384. The van der Waals surface area contributed by atoms with E-state index in [0.717, 1.165) is 51.6 Å². The summed E-state index contributed by atoms with van der Waals surface area (Å²) in [7, 11) is 0. The van der Waals surface area contributed by atoms with Crippen molar-refractivity contribution < 1.29 is 9.72 Å². The Morgan fingerprint density at radius 3 is 2.44 bits per heavy atom. The van der Waals surface area contributed by atoms with Crippen LogP contribution in [0.2, 0.25) is 0 Å². The second-order valence-corrected chi connectivity index (χ2v) is 8.34. The number of nitrogens with zero attached hydrogens (tertiary/aromatic N) is 2. The average molecular weight is 372 g/mol. The third kappa shape index (κ3) is 3.65. The number of benzene rings is 1. The molecule has 2 aliphatic carbocycles. The van der Waals surface area contributed by atoms with Crippen LogP contribution < -0.4 is 16.0 Å². The zero-order valence-corrected chi connectivity index (χ0v) is 15.6. The molecule has 2 unspecified atom stereocenters. The lowest BCUT2D eigenvalue weighted by Crippen LogP contribution is -2.53. The molecule has 0 spiro atoms. The number of carbonyl (C=O) groups is 1. The quantitative estimate of drug-likeness (QED) is 0.625. The van der Waals surface area contributed by atoms with E-state index in [1.54, 1.807) is 12.1 Å². The molecule has 0 aromatic heterocycles. The first kappa shape index (κ1) is 18.2. The van der Waals surface area contributed by atoms with Crippen LogP contribution in [0.1, 0.15) is 55.3 Å². The van der Waals surface area contributed by atoms with Crippen molar-refractivity contribution in [2.45, 2.75) is 57.0 Å². The first-order valence-corrected chi connectivity index (χ1v) is 10.1. The molecule has 1 aliphatic heterocycles. The van der Waals surface area contributed by atoms with Gasteiger partial charge in [-0.05, 0) is 62.5 Å². The summed E-state index contributed by atoms with van der Waals surface area (Å²) < 4.78 is 0. The minimum atomic E-state index is -0.376. The Kier molecular flexibility index (Phi) is 5.04. The smallest absolute Gasteiger partial charge is 0.293 e. The molecule has 1 aromatic carbocycles. The van der Waals surface area contributed by atoms with Gasteiger partial charge in [0.2, 0.25) is 0 Å². The van der Waals surface area contributed by atoms with Gasteiger partial charge in [0, 0.05) is 36.8 Å². The molecule has 7 nitrogen and oxygen atoms in total. The molecule has 3 N–H and O–H groups in total. The van der Waals surface area contributed by atoms with Gasteiger partial charge < -0.3 is 16.0 Å². The predicted octanol–water partition coefficient (Wildman–Crippen LogP) is 2.83. The summed E-state index contributed by atoms with van der Waals surface area (Å²) in [5.74, 6) is 0.647. The molecular formula is C20H28N4O3. The van der Waals surface area contributed by atoms with Crippen molar-refractivity contribution in [2.75, 3.05) is 18.0 Å². The number of nitrogens with one attached hydrogen (secondary N) is 1. The zero-order chi connectivity index (χ0) is 19.0. The fraction of sp³-hybridized carbons (Fsp3) is 0.650. The Balaban J connectivity index is 1.53. The van der Waals surface area contributed by atoms with E-state index in [0.29, 0.717) is 23.1 Å². The first-order chi connectivity index (χ1) is 13.0. The maximum atomic E-state index is 12.9. The Labute approximate surface area is 159 Å². The van der Waals surface area contributed by atoms with E-state index in [1.165, 1.54) is 12.5 Å². The van der Waals surface area contributed by atoms with Gasteiger partial charge in [0.05, 0.1) is 4.92 Å². The largest absolute Gasteiger partial charge is 0.366 e. The molecule has 4 rings (SSSR count). The summed E-state index contributed by atoms with van der Waals surface area (Å²) in [6.07, 6.45) is 7.40. The molecule has 3 fully saturated rings. The van der Waals surface area contributed by atoms with Crippen molar-refractivity contribution in [3.63, 3.8) is 0 Å². The highest BCUT2D eigenvalue weighted by Gasteiger charge is 2.40. The molecule has 1 aromatic rings. The minimum Gasteiger partial charge on any atom is -0.366 e. The molecule has 2 atom stereocenters. The van der Waals surface area contributed by atoms with Gasteiger partial charge in [0.15, 0.2) is 0 Å². The summed E-state index contributed by atoms with van der Waals surface area (Å²) in [6, 6.07) is 5.27. The maximum Gasteiger partial charge on any atom is 0.293 e. The molecule has 1 heterocycles. The number of amides is 1. The first-order valence-electron chi connectivity index (χ1n) is 10.1. The van der Waals surface area contributed by atoms with Gasteiger partial charge in [-0.3, -0.25) is 14.9 Å². The Morgan fingerprint density at radius 1 is 1.15 bits per heavy atom. The van der Waals surface area contributed by atoms with Gasteiger partial charge >= 0.3 is 0 Å². The third-order valence-electron chi connectivity index (χ3n) is 6.56. The molecule has 0 radical (unpaired) electrons. The second kappa shape index (κ2) is 7.46. The molecule has 2 saturated carbocycles. The molecule has 27 heavy (non-hydrogen) atoms. The average Bonchev–Trinajstić information content (AvgIpc) is 3.16. The Bertz CT molecular complexity index is 718. The molecule has 2 bridgehead atoms. The topological polar surface area (TPSA) is 102 Å². The van der Waals surface area contributed by atoms with Gasteiger partial charge in [-0.15, -0.1) is 0 Å². The Hall–Kier alpha value is -2.15. The molecule has 1 saturated heterocycles. The van der Waals surface area contributed by atoms with E-state index in [-0.39, 0.29) is 28.6 Å². The number of nitrogens with two attached hydrogens (primary N) is 1. The van der Waals surface area contributed by atoms with Gasteiger partial charge in [0.1, 0.15) is 5.69 Å². The van der Waals surface area contributed by atoms with Crippen LogP contribution in [-0.4, -0.2) is 36.0 Å². The van der Waals surface area contributed by atoms with Gasteiger partial charge in [0.25, 0.3) is 11.6 Å². The second-order valence-electron chi connectivity index (χ2n) is 8.34. The van der Waals surface area contributed by atoms with Crippen LogP contribution in [0, 0.1) is 22.0 Å². The standard InChI is InChI=1S/C20H28N4O3/c21-16-10-13-4-3-5-14(11-16)19(13)22-20(25)15-6-7-17(18(12-15)24(26)27)23-8-1-2-9-23/h6-7,12-14,16,19H,1-5,8-11,21H2,(H,22,25). The number of hydrogen-bond acceptors (Lipinski definition) is 5. The number of nitro benzene ring substituents is 1. The van der Waals surface area contributed by atoms with Crippen molar-refractivity contribution >= 4 is 17.3 Å².